The summed E-state index contributed by atoms with van der Waals surface area (Å²) in [5, 5.41) is 7.67. The highest BCUT2D eigenvalue weighted by atomic mass is 15.1. The minimum atomic E-state index is 1.10. The van der Waals surface area contributed by atoms with Gasteiger partial charge in [0.1, 0.15) is 0 Å². The second kappa shape index (κ2) is 14.0. The Morgan fingerprint density at radius 1 is 0.200 bits per heavy atom. The lowest BCUT2D eigenvalue weighted by Crippen LogP contribution is -2.10. The van der Waals surface area contributed by atoms with Crippen molar-refractivity contribution in [1.29, 1.82) is 0 Å². The molecule has 10 aromatic rings. The first-order chi connectivity index (χ1) is 27.2. The summed E-state index contributed by atoms with van der Waals surface area (Å²) < 4.78 is 0. The van der Waals surface area contributed by atoms with Crippen LogP contribution in [0, 0.1) is 0 Å². The highest BCUT2D eigenvalue weighted by molar-refractivity contribution is 6.17. The highest BCUT2D eigenvalue weighted by Gasteiger charge is 2.16. The van der Waals surface area contributed by atoms with Crippen molar-refractivity contribution >= 4 is 49.4 Å². The van der Waals surface area contributed by atoms with Gasteiger partial charge >= 0.3 is 0 Å². The molecule has 0 aromatic heterocycles. The molecule has 258 valence electrons. The normalized spacial score (nSPS) is 11.3. The molecule has 55 heavy (non-hydrogen) atoms. The molecule has 0 amide bonds. The second-order valence-electron chi connectivity index (χ2n) is 14.2. The molecule has 10 aromatic carbocycles. The molecular formula is C54H37N. The fraction of sp³-hybridized carbons (Fsp3) is 0. The van der Waals surface area contributed by atoms with Gasteiger partial charge in [0, 0.05) is 17.1 Å². The number of nitrogens with zero attached hydrogens (tertiary/aromatic N) is 1. The topological polar surface area (TPSA) is 3.24 Å². The number of anilines is 3. The van der Waals surface area contributed by atoms with E-state index in [4.69, 9.17) is 0 Å². The molecule has 1 heteroatoms. The van der Waals surface area contributed by atoms with E-state index in [-0.39, 0.29) is 0 Å². The van der Waals surface area contributed by atoms with Crippen LogP contribution in [-0.4, -0.2) is 0 Å². The van der Waals surface area contributed by atoms with Crippen LogP contribution < -0.4 is 4.90 Å². The zero-order chi connectivity index (χ0) is 36.6. The maximum Gasteiger partial charge on any atom is 0.0467 e. The van der Waals surface area contributed by atoms with Crippen molar-refractivity contribution in [3.8, 4) is 44.5 Å². The number of benzene rings is 10. The maximum absolute atomic E-state index is 2.37. The Balaban J connectivity index is 1.05. The Labute approximate surface area is 322 Å². The Bertz CT molecular complexity index is 2950. The maximum atomic E-state index is 2.37. The van der Waals surface area contributed by atoms with E-state index < -0.39 is 0 Å². The van der Waals surface area contributed by atoms with Crippen molar-refractivity contribution in [2.75, 3.05) is 4.90 Å². The summed E-state index contributed by atoms with van der Waals surface area (Å²) in [6, 6.07) is 81.4. The minimum absolute atomic E-state index is 1.10. The summed E-state index contributed by atoms with van der Waals surface area (Å²) in [6.45, 7) is 0. The molecule has 0 saturated carbocycles. The van der Waals surface area contributed by atoms with Gasteiger partial charge in [-0.3, -0.25) is 0 Å². The first kappa shape index (κ1) is 32.4. The van der Waals surface area contributed by atoms with E-state index in [0.717, 1.165) is 17.1 Å². The summed E-state index contributed by atoms with van der Waals surface area (Å²) in [6.07, 6.45) is 0. The summed E-state index contributed by atoms with van der Waals surface area (Å²) in [5.41, 5.74) is 12.9. The van der Waals surface area contributed by atoms with E-state index >= 15 is 0 Å². The van der Waals surface area contributed by atoms with Crippen molar-refractivity contribution in [1.82, 2.24) is 0 Å². The smallest absolute Gasteiger partial charge is 0.0467 e. The average molecular weight is 700 g/mol. The van der Waals surface area contributed by atoms with Gasteiger partial charge in [-0.05, 0) is 119 Å². The average Bonchev–Trinajstić information content (AvgIpc) is 3.27. The van der Waals surface area contributed by atoms with Crippen molar-refractivity contribution in [3.63, 3.8) is 0 Å². The largest absolute Gasteiger partial charge is 0.310 e. The third-order valence-electron chi connectivity index (χ3n) is 10.8. The molecule has 0 bridgehead atoms. The van der Waals surface area contributed by atoms with Crippen molar-refractivity contribution in [2.45, 2.75) is 0 Å². The standard InChI is InChI=1S/C54H37N/c1-3-11-38(12-4-1)40-21-23-41(24-22-40)46-17-10-19-50(36-46)55(49-18-9-16-45(35-49)39-13-5-2-6-14-39)48-31-27-42(28-32-48)47-26-25-44-30-33-52-51-20-8-7-15-43(51)29-34-53(52)54(44)37-47/h1-37H. The fourth-order valence-corrected chi connectivity index (χ4v) is 8.01. The van der Waals surface area contributed by atoms with Crippen molar-refractivity contribution < 1.29 is 0 Å². The van der Waals surface area contributed by atoms with Crippen LogP contribution in [0.3, 0.4) is 0 Å². The molecule has 0 fully saturated rings. The molecule has 10 rings (SSSR count). The lowest BCUT2D eigenvalue weighted by molar-refractivity contribution is 1.28. The molecule has 0 aliphatic heterocycles. The van der Waals surface area contributed by atoms with Crippen LogP contribution in [0.15, 0.2) is 224 Å². The fourth-order valence-electron chi connectivity index (χ4n) is 8.01. The Morgan fingerprint density at radius 2 is 0.600 bits per heavy atom. The van der Waals surface area contributed by atoms with Gasteiger partial charge in [-0.15, -0.1) is 0 Å². The first-order valence-electron chi connectivity index (χ1n) is 18.9. The number of rotatable bonds is 7. The molecule has 0 atom stereocenters. The van der Waals surface area contributed by atoms with Gasteiger partial charge in [0.25, 0.3) is 0 Å². The molecule has 0 spiro atoms. The lowest BCUT2D eigenvalue weighted by atomic mass is 9.94. The van der Waals surface area contributed by atoms with Crippen LogP contribution in [0.25, 0.3) is 76.8 Å². The number of hydrogen-bond acceptors (Lipinski definition) is 1. The van der Waals surface area contributed by atoms with Gasteiger partial charge in [-0.1, -0.05) is 182 Å². The van der Waals surface area contributed by atoms with Gasteiger partial charge in [-0.25, -0.2) is 0 Å². The predicted octanol–water partition coefficient (Wildman–Crippen LogP) is 15.3. The number of hydrogen-bond donors (Lipinski definition) is 0. The van der Waals surface area contributed by atoms with Gasteiger partial charge in [0.2, 0.25) is 0 Å². The first-order valence-corrected chi connectivity index (χ1v) is 18.9. The molecule has 0 heterocycles. The molecule has 1 nitrogen and oxygen atoms in total. The van der Waals surface area contributed by atoms with Gasteiger partial charge in [0.15, 0.2) is 0 Å². The second-order valence-corrected chi connectivity index (χ2v) is 14.2. The molecular weight excluding hydrogens is 663 g/mol. The summed E-state index contributed by atoms with van der Waals surface area (Å²) in [4.78, 5) is 2.37. The molecule has 0 N–H and O–H groups in total. The van der Waals surface area contributed by atoms with E-state index in [1.807, 2.05) is 0 Å². The SMILES string of the molecule is c1ccc(-c2ccc(-c3cccc(N(c4ccc(-c5ccc6ccc7c8ccccc8ccc7c6c5)cc4)c4cccc(-c5ccccc5)c4)c3)cc2)cc1. The predicted molar refractivity (Wildman–Crippen MR) is 235 cm³/mol. The zero-order valence-corrected chi connectivity index (χ0v) is 30.3. The summed E-state index contributed by atoms with van der Waals surface area (Å²) in [5.74, 6) is 0. The van der Waals surface area contributed by atoms with Crippen molar-refractivity contribution in [3.05, 3.63) is 224 Å². The monoisotopic (exact) mass is 699 g/mol. The van der Waals surface area contributed by atoms with Crippen LogP contribution >= 0.6 is 0 Å². The minimum Gasteiger partial charge on any atom is -0.310 e. The summed E-state index contributed by atoms with van der Waals surface area (Å²) in [7, 11) is 0. The Hall–Kier alpha value is -7.22. The van der Waals surface area contributed by atoms with Gasteiger partial charge in [-0.2, -0.15) is 0 Å². The highest BCUT2D eigenvalue weighted by Crippen LogP contribution is 2.40. The summed E-state index contributed by atoms with van der Waals surface area (Å²) >= 11 is 0. The van der Waals surface area contributed by atoms with Crippen LogP contribution in [0.1, 0.15) is 0 Å². The molecule has 0 radical (unpaired) electrons. The molecule has 0 saturated heterocycles. The molecule has 0 aliphatic rings. The van der Waals surface area contributed by atoms with E-state index in [2.05, 4.69) is 229 Å². The van der Waals surface area contributed by atoms with Crippen LogP contribution in [0.5, 0.6) is 0 Å². The quantitative estimate of drug-likeness (QED) is 0.150. The Morgan fingerprint density at radius 3 is 1.22 bits per heavy atom. The number of fused-ring (bicyclic) bond motifs is 5. The van der Waals surface area contributed by atoms with E-state index in [0.29, 0.717) is 0 Å². The van der Waals surface area contributed by atoms with Crippen LogP contribution in [0.4, 0.5) is 17.1 Å². The van der Waals surface area contributed by atoms with E-state index in [9.17, 15) is 0 Å². The van der Waals surface area contributed by atoms with Gasteiger partial charge in [0.05, 0.1) is 0 Å². The van der Waals surface area contributed by atoms with Gasteiger partial charge < -0.3 is 4.90 Å². The van der Waals surface area contributed by atoms with Crippen molar-refractivity contribution in [2.24, 2.45) is 0 Å². The molecule has 0 unspecified atom stereocenters. The van der Waals surface area contributed by atoms with Crippen LogP contribution in [-0.2, 0) is 0 Å². The van der Waals surface area contributed by atoms with E-state index in [1.54, 1.807) is 0 Å². The van der Waals surface area contributed by atoms with E-state index in [1.165, 1.54) is 76.8 Å². The molecule has 0 aliphatic carbocycles. The zero-order valence-electron chi connectivity index (χ0n) is 30.3. The lowest BCUT2D eigenvalue weighted by Gasteiger charge is -2.27. The third kappa shape index (κ3) is 6.22. The van der Waals surface area contributed by atoms with Crippen LogP contribution in [0.2, 0.25) is 0 Å². The third-order valence-corrected chi connectivity index (χ3v) is 10.8. The Kier molecular flexibility index (Phi) is 8.24.